The van der Waals surface area contributed by atoms with Crippen molar-refractivity contribution in [1.82, 2.24) is 14.9 Å². The first-order valence-corrected chi connectivity index (χ1v) is 17.0. The number of ether oxygens (including phenoxy) is 4. The minimum atomic E-state index is -1.48. The maximum atomic E-state index is 13.1. The Bertz CT molecular complexity index is 1780. The molecular formula is C34H44N6O10S. The zero-order valence-electron chi connectivity index (χ0n) is 30.1. The number of likely N-dealkylation sites (tertiary alicyclic amines) is 1. The highest BCUT2D eigenvalue weighted by Crippen LogP contribution is 2.24. The van der Waals surface area contributed by atoms with Gasteiger partial charge in [0.25, 0.3) is 6.10 Å². The number of nitrogens with zero attached hydrogens (tertiary/aromatic N) is 4. The van der Waals surface area contributed by atoms with E-state index in [0.29, 0.717) is 30.2 Å². The quantitative estimate of drug-likeness (QED) is 0.0946. The number of amides is 2. The summed E-state index contributed by atoms with van der Waals surface area (Å²) >= 11 is 0.950. The number of esters is 1. The van der Waals surface area contributed by atoms with E-state index in [1.165, 1.54) is 5.38 Å². The number of hydrogen-bond acceptors (Lipinski definition) is 14. The average molecular weight is 729 g/mol. The summed E-state index contributed by atoms with van der Waals surface area (Å²) in [5.74, 6) is -1.29. The Balaban J connectivity index is 1.41. The zero-order chi connectivity index (χ0) is 37.7. The monoisotopic (exact) mass is 728 g/mol. The molecule has 1 aromatic carbocycles. The van der Waals surface area contributed by atoms with Crippen LogP contribution in [0.1, 0.15) is 68.0 Å². The highest BCUT2D eigenvalue weighted by Gasteiger charge is 2.34. The predicted molar refractivity (Wildman–Crippen MR) is 189 cm³/mol. The van der Waals surface area contributed by atoms with Crippen molar-refractivity contribution in [3.8, 4) is 5.75 Å². The predicted octanol–water partition coefficient (Wildman–Crippen LogP) is 5.66. The van der Waals surface area contributed by atoms with Crippen LogP contribution in [0.5, 0.6) is 5.75 Å². The number of hydrogen-bond donors (Lipinski definition) is 3. The number of rotatable bonds is 11. The Morgan fingerprint density at radius 2 is 1.61 bits per heavy atom. The van der Waals surface area contributed by atoms with E-state index >= 15 is 0 Å². The van der Waals surface area contributed by atoms with Crippen LogP contribution in [0.15, 0.2) is 40.9 Å². The van der Waals surface area contributed by atoms with E-state index in [1.807, 2.05) is 32.9 Å². The molecule has 1 atom stereocenters. The maximum Gasteiger partial charge on any atom is 0.413 e. The van der Waals surface area contributed by atoms with Crippen molar-refractivity contribution in [2.75, 3.05) is 30.3 Å². The molecule has 51 heavy (non-hydrogen) atoms. The molecular weight excluding hydrogens is 684 g/mol. The number of fused-ring (bicyclic) bond motifs is 1. The lowest BCUT2D eigenvalue weighted by molar-refractivity contribution is -0.170. The molecule has 1 fully saturated rings. The Morgan fingerprint density at radius 1 is 0.941 bits per heavy atom. The van der Waals surface area contributed by atoms with E-state index in [-0.39, 0.29) is 29.6 Å². The number of thiazole rings is 1. The molecule has 0 aliphatic carbocycles. The molecule has 1 aliphatic rings. The largest absolute Gasteiger partial charge is 0.489 e. The summed E-state index contributed by atoms with van der Waals surface area (Å²) < 4.78 is 21.9. The lowest BCUT2D eigenvalue weighted by Gasteiger charge is -2.40. The van der Waals surface area contributed by atoms with E-state index in [0.717, 1.165) is 16.7 Å². The number of carboxylic acid groups (broad SMARTS) is 1. The van der Waals surface area contributed by atoms with Gasteiger partial charge in [0.05, 0.1) is 11.6 Å². The fourth-order valence-electron chi connectivity index (χ4n) is 4.35. The number of carbonyl (C=O) groups excluding carboxylic acids is 3. The van der Waals surface area contributed by atoms with Crippen LogP contribution in [-0.4, -0.2) is 98.5 Å². The highest BCUT2D eigenvalue weighted by molar-refractivity contribution is 7.14. The van der Waals surface area contributed by atoms with Crippen LogP contribution < -0.4 is 15.4 Å². The Labute approximate surface area is 299 Å². The Kier molecular flexibility index (Phi) is 11.6. The molecule has 0 bridgehead atoms. The number of pyridine rings is 1. The zero-order valence-corrected chi connectivity index (χ0v) is 30.9. The summed E-state index contributed by atoms with van der Waals surface area (Å²) in [6.07, 6.45) is -2.57. The summed E-state index contributed by atoms with van der Waals surface area (Å²) in [4.78, 5) is 65.3. The minimum absolute atomic E-state index is 0.0330. The number of aliphatic carboxylic acids is 1. The molecule has 3 aromatic rings. The van der Waals surface area contributed by atoms with E-state index in [4.69, 9.17) is 23.8 Å². The molecule has 3 N–H and O–H groups in total. The third kappa shape index (κ3) is 12.0. The second-order valence-corrected chi connectivity index (χ2v) is 15.5. The van der Waals surface area contributed by atoms with Crippen molar-refractivity contribution >= 4 is 63.0 Å². The number of nitrogens with one attached hydrogen (secondary N) is 2. The highest BCUT2D eigenvalue weighted by atomic mass is 32.1. The normalized spacial score (nSPS) is 14.6. The van der Waals surface area contributed by atoms with E-state index < -0.39 is 46.7 Å². The summed E-state index contributed by atoms with van der Waals surface area (Å²) in [6.45, 7) is 16.2. The summed E-state index contributed by atoms with van der Waals surface area (Å²) in [5, 5.41) is 21.5. The minimum Gasteiger partial charge on any atom is -0.489 e. The van der Waals surface area contributed by atoms with Gasteiger partial charge < -0.3 is 39.1 Å². The third-order valence-electron chi connectivity index (χ3n) is 6.45. The SMILES string of the molecule is CC(C)(C)OC(=O)Nc1nc(/C(=N/O[C@@H](COc2ccc3nc(NC4CN(C(=O)OC(C)(C)C)C4)ccc3c2)C(=O)OC(C)(C)C)C(=O)O)cs1. The first-order chi connectivity index (χ1) is 23.6. The van der Waals surface area contributed by atoms with Gasteiger partial charge in [0.2, 0.25) is 5.71 Å². The topological polar surface area (TPSA) is 200 Å². The maximum absolute atomic E-state index is 13.1. The number of benzene rings is 1. The fraction of sp³-hybridized carbons (Fsp3) is 0.500. The van der Waals surface area contributed by atoms with Crippen LogP contribution in [0.2, 0.25) is 0 Å². The summed E-state index contributed by atoms with van der Waals surface area (Å²) in [5.41, 5.74) is -2.25. The first kappa shape index (κ1) is 38.6. The van der Waals surface area contributed by atoms with E-state index in [2.05, 4.69) is 25.8 Å². The van der Waals surface area contributed by atoms with E-state index in [1.54, 1.807) is 64.6 Å². The Morgan fingerprint density at radius 3 is 2.24 bits per heavy atom. The average Bonchev–Trinajstić information content (AvgIpc) is 3.40. The summed E-state index contributed by atoms with van der Waals surface area (Å²) in [6, 6.07) is 8.84. The second kappa shape index (κ2) is 15.4. The molecule has 0 radical (unpaired) electrons. The van der Waals surface area contributed by atoms with Gasteiger partial charge in [-0.15, -0.1) is 11.3 Å². The van der Waals surface area contributed by atoms with Crippen molar-refractivity contribution in [2.45, 2.75) is 91.3 Å². The van der Waals surface area contributed by atoms with Gasteiger partial charge in [-0.2, -0.15) is 0 Å². The van der Waals surface area contributed by atoms with Crippen LogP contribution in [-0.2, 0) is 28.6 Å². The number of oxime groups is 1. The molecule has 276 valence electrons. The van der Waals surface area contributed by atoms with Gasteiger partial charge in [0.1, 0.15) is 40.7 Å². The standard InChI is InChI=1S/C34H44N6O10S/c1-32(2,3)47-28(43)24(50-39-26(27(41)42)23-18-51-29(37-23)38-30(44)48-33(4,5)6)17-46-21-11-12-22-19(14-21)10-13-25(36-22)35-20-15-40(16-20)31(45)49-34(7,8)9/h10-14,18,20,24H,15-17H2,1-9H3,(H,35,36)(H,41,42)(H,37,38,44)/b39-26-/t24-/m0/s1. The van der Waals surface area contributed by atoms with Gasteiger partial charge in [-0.05, 0) is 92.6 Å². The molecule has 3 heterocycles. The number of carbonyl (C=O) groups is 4. The smallest absolute Gasteiger partial charge is 0.413 e. The van der Waals surface area contributed by atoms with Crippen LogP contribution in [0.25, 0.3) is 10.9 Å². The second-order valence-electron chi connectivity index (χ2n) is 14.6. The van der Waals surface area contributed by atoms with Crippen LogP contribution in [0, 0.1) is 0 Å². The van der Waals surface area contributed by atoms with Crippen LogP contribution >= 0.6 is 11.3 Å². The molecule has 17 heteroatoms. The van der Waals surface area contributed by atoms with Gasteiger partial charge in [-0.3, -0.25) is 5.32 Å². The van der Waals surface area contributed by atoms with Crippen LogP contribution in [0.4, 0.5) is 20.5 Å². The fourth-order valence-corrected chi connectivity index (χ4v) is 5.03. The van der Waals surface area contributed by atoms with Crippen molar-refractivity contribution in [2.24, 2.45) is 5.16 Å². The number of carboxylic acids is 1. The Hall–Kier alpha value is -5.19. The van der Waals surface area contributed by atoms with Gasteiger partial charge in [-0.25, -0.2) is 29.1 Å². The molecule has 16 nitrogen and oxygen atoms in total. The number of anilines is 2. The third-order valence-corrected chi connectivity index (χ3v) is 7.20. The molecule has 0 unspecified atom stereocenters. The molecule has 0 spiro atoms. The van der Waals surface area contributed by atoms with Crippen molar-refractivity contribution < 1.29 is 48.1 Å². The molecule has 4 rings (SSSR count). The molecule has 2 aromatic heterocycles. The molecule has 1 aliphatic heterocycles. The van der Waals surface area contributed by atoms with Gasteiger partial charge in [0, 0.05) is 23.9 Å². The lowest BCUT2D eigenvalue weighted by atomic mass is 10.1. The van der Waals surface area contributed by atoms with Crippen LogP contribution in [0.3, 0.4) is 0 Å². The molecule has 0 saturated carbocycles. The van der Waals surface area contributed by atoms with Gasteiger partial charge in [0.15, 0.2) is 5.13 Å². The number of aromatic nitrogens is 2. The first-order valence-electron chi connectivity index (χ1n) is 16.1. The van der Waals surface area contributed by atoms with Gasteiger partial charge >= 0.3 is 24.1 Å². The van der Waals surface area contributed by atoms with Crippen molar-refractivity contribution in [3.05, 3.63) is 41.4 Å². The van der Waals surface area contributed by atoms with Gasteiger partial charge in [-0.1, -0.05) is 5.16 Å². The lowest BCUT2D eigenvalue weighted by Crippen LogP contribution is -2.58. The molecule has 1 saturated heterocycles. The molecule has 2 amide bonds. The van der Waals surface area contributed by atoms with Crippen molar-refractivity contribution in [1.29, 1.82) is 0 Å². The van der Waals surface area contributed by atoms with Crippen molar-refractivity contribution in [3.63, 3.8) is 0 Å². The van der Waals surface area contributed by atoms with E-state index in [9.17, 15) is 24.3 Å². The summed E-state index contributed by atoms with van der Waals surface area (Å²) in [7, 11) is 0.